The molecule has 1 aliphatic rings. The van der Waals surface area contributed by atoms with Crippen molar-refractivity contribution in [3.05, 3.63) is 65.7 Å². The summed E-state index contributed by atoms with van der Waals surface area (Å²) in [7, 11) is 0. The van der Waals surface area contributed by atoms with Crippen molar-refractivity contribution < 1.29 is 9.18 Å². The second-order valence-corrected chi connectivity index (χ2v) is 6.80. The van der Waals surface area contributed by atoms with Crippen molar-refractivity contribution >= 4 is 18.3 Å². The molecule has 2 aromatic rings. The standard InChI is InChI=1S/C21H26FN3O.ClH/c22-18-9-6-17(7-10-18)8-11-21(26)25(16-19-4-1-2-14-24-19)20-5-3-13-23-15-12-20;/h1-2,4,6-7,9-10,14,20,23H,3,5,8,11-13,15-16H2;1H. The average molecular weight is 392 g/mol. The van der Waals surface area contributed by atoms with Crippen LogP contribution in [0, 0.1) is 5.82 Å². The fourth-order valence-electron chi connectivity index (χ4n) is 3.45. The molecule has 0 bridgehead atoms. The molecule has 1 saturated heterocycles. The van der Waals surface area contributed by atoms with Crippen LogP contribution in [-0.2, 0) is 17.8 Å². The molecular formula is C21H27ClFN3O. The van der Waals surface area contributed by atoms with Gasteiger partial charge in [0, 0.05) is 18.7 Å². The first kappa shape index (κ1) is 21.3. The largest absolute Gasteiger partial charge is 0.334 e. The van der Waals surface area contributed by atoms with Crippen LogP contribution in [0.4, 0.5) is 4.39 Å². The van der Waals surface area contributed by atoms with E-state index in [0.29, 0.717) is 19.4 Å². The minimum Gasteiger partial charge on any atom is -0.334 e. The van der Waals surface area contributed by atoms with Gasteiger partial charge in [-0.3, -0.25) is 9.78 Å². The van der Waals surface area contributed by atoms with Gasteiger partial charge in [0.15, 0.2) is 0 Å². The molecule has 1 aliphatic heterocycles. The van der Waals surface area contributed by atoms with Gasteiger partial charge in [-0.05, 0) is 68.6 Å². The fraction of sp³-hybridized carbons (Fsp3) is 0.429. The number of amides is 1. The molecule has 1 atom stereocenters. The number of rotatable bonds is 6. The van der Waals surface area contributed by atoms with Crippen molar-refractivity contribution in [1.82, 2.24) is 15.2 Å². The SMILES string of the molecule is Cl.O=C(CCc1ccc(F)cc1)N(Cc1ccccn1)C1CCCNCC1. The summed E-state index contributed by atoms with van der Waals surface area (Å²) in [6, 6.07) is 12.5. The number of carbonyl (C=O) groups excluding carboxylic acids is 1. The Morgan fingerprint density at radius 3 is 2.70 bits per heavy atom. The zero-order valence-corrected chi connectivity index (χ0v) is 16.3. The first-order valence-electron chi connectivity index (χ1n) is 9.37. The topological polar surface area (TPSA) is 45.2 Å². The number of halogens is 2. The summed E-state index contributed by atoms with van der Waals surface area (Å²) in [4.78, 5) is 19.4. The van der Waals surface area contributed by atoms with Gasteiger partial charge in [0.25, 0.3) is 0 Å². The molecule has 6 heteroatoms. The molecule has 0 radical (unpaired) electrons. The lowest BCUT2D eigenvalue weighted by atomic mass is 10.0. The van der Waals surface area contributed by atoms with Crippen LogP contribution >= 0.6 is 12.4 Å². The number of nitrogens with zero attached hydrogens (tertiary/aromatic N) is 2. The normalized spacial score (nSPS) is 16.9. The average Bonchev–Trinajstić information content (AvgIpc) is 2.95. The van der Waals surface area contributed by atoms with Crippen molar-refractivity contribution in [3.8, 4) is 0 Å². The van der Waals surface area contributed by atoms with Crippen molar-refractivity contribution in [2.75, 3.05) is 13.1 Å². The van der Waals surface area contributed by atoms with Crippen molar-refractivity contribution in [3.63, 3.8) is 0 Å². The van der Waals surface area contributed by atoms with E-state index in [1.165, 1.54) is 12.1 Å². The van der Waals surface area contributed by atoms with E-state index in [2.05, 4.69) is 10.3 Å². The molecule has 3 rings (SSSR count). The molecular weight excluding hydrogens is 365 g/mol. The van der Waals surface area contributed by atoms with Gasteiger partial charge in [-0.1, -0.05) is 18.2 Å². The van der Waals surface area contributed by atoms with E-state index in [9.17, 15) is 9.18 Å². The molecule has 1 aromatic carbocycles. The van der Waals surface area contributed by atoms with Gasteiger partial charge in [0.2, 0.25) is 5.91 Å². The minimum absolute atomic E-state index is 0. The predicted molar refractivity (Wildman–Crippen MR) is 107 cm³/mol. The Hall–Kier alpha value is -1.98. The van der Waals surface area contributed by atoms with Crippen LogP contribution in [0.2, 0.25) is 0 Å². The molecule has 0 spiro atoms. The maximum absolute atomic E-state index is 13.0. The lowest BCUT2D eigenvalue weighted by Crippen LogP contribution is -2.40. The summed E-state index contributed by atoms with van der Waals surface area (Å²) in [5.41, 5.74) is 1.90. The first-order chi connectivity index (χ1) is 12.7. The van der Waals surface area contributed by atoms with E-state index in [4.69, 9.17) is 0 Å². The summed E-state index contributed by atoms with van der Waals surface area (Å²) in [6.45, 7) is 2.50. The Morgan fingerprint density at radius 2 is 1.96 bits per heavy atom. The number of nitrogens with one attached hydrogen (secondary N) is 1. The summed E-state index contributed by atoms with van der Waals surface area (Å²) in [5.74, 6) is -0.102. The summed E-state index contributed by atoms with van der Waals surface area (Å²) in [5, 5.41) is 3.41. The zero-order valence-electron chi connectivity index (χ0n) is 15.4. The van der Waals surface area contributed by atoms with E-state index in [1.54, 1.807) is 18.3 Å². The van der Waals surface area contributed by atoms with E-state index >= 15 is 0 Å². The molecule has 1 unspecified atom stereocenters. The van der Waals surface area contributed by atoms with Gasteiger partial charge in [0.1, 0.15) is 5.82 Å². The monoisotopic (exact) mass is 391 g/mol. The molecule has 146 valence electrons. The van der Waals surface area contributed by atoms with Gasteiger partial charge < -0.3 is 10.2 Å². The molecule has 0 saturated carbocycles. The quantitative estimate of drug-likeness (QED) is 0.815. The molecule has 0 aliphatic carbocycles. The Kier molecular flexibility index (Phi) is 8.69. The highest BCUT2D eigenvalue weighted by molar-refractivity contribution is 5.85. The van der Waals surface area contributed by atoms with Crippen LogP contribution in [0.5, 0.6) is 0 Å². The Morgan fingerprint density at radius 1 is 1.15 bits per heavy atom. The van der Waals surface area contributed by atoms with Crippen LogP contribution in [0.1, 0.15) is 36.9 Å². The molecule has 1 N–H and O–H groups in total. The predicted octanol–water partition coefficient (Wildman–Crippen LogP) is 3.75. The van der Waals surface area contributed by atoms with Crippen molar-refractivity contribution in [2.24, 2.45) is 0 Å². The number of benzene rings is 1. The van der Waals surface area contributed by atoms with Crippen LogP contribution in [0.15, 0.2) is 48.7 Å². The van der Waals surface area contributed by atoms with Crippen LogP contribution in [-0.4, -0.2) is 34.9 Å². The maximum atomic E-state index is 13.0. The molecule has 2 heterocycles. The second kappa shape index (κ2) is 11.0. The molecule has 1 amide bonds. The highest BCUT2D eigenvalue weighted by Gasteiger charge is 2.24. The summed E-state index contributed by atoms with van der Waals surface area (Å²) in [6.07, 6.45) is 5.89. The minimum atomic E-state index is -0.247. The van der Waals surface area contributed by atoms with Gasteiger partial charge in [0.05, 0.1) is 12.2 Å². The van der Waals surface area contributed by atoms with Crippen molar-refractivity contribution in [2.45, 2.75) is 44.7 Å². The number of carbonyl (C=O) groups is 1. The molecule has 1 fully saturated rings. The molecule has 4 nitrogen and oxygen atoms in total. The zero-order chi connectivity index (χ0) is 18.2. The Labute approximate surface area is 166 Å². The highest BCUT2D eigenvalue weighted by Crippen LogP contribution is 2.18. The lowest BCUT2D eigenvalue weighted by Gasteiger charge is -2.31. The second-order valence-electron chi connectivity index (χ2n) is 6.80. The number of hydrogen-bond acceptors (Lipinski definition) is 3. The Balaban J connectivity index is 0.00000261. The maximum Gasteiger partial charge on any atom is 0.223 e. The number of aryl methyl sites for hydroxylation is 1. The van der Waals surface area contributed by atoms with Gasteiger partial charge >= 0.3 is 0 Å². The van der Waals surface area contributed by atoms with E-state index in [0.717, 1.165) is 43.6 Å². The molecule has 27 heavy (non-hydrogen) atoms. The Bertz CT molecular complexity index is 688. The summed E-state index contributed by atoms with van der Waals surface area (Å²) < 4.78 is 13.0. The third-order valence-corrected chi connectivity index (χ3v) is 4.91. The lowest BCUT2D eigenvalue weighted by molar-refractivity contribution is -0.134. The third-order valence-electron chi connectivity index (χ3n) is 4.91. The number of pyridine rings is 1. The van der Waals surface area contributed by atoms with Gasteiger partial charge in [-0.2, -0.15) is 0 Å². The summed E-state index contributed by atoms with van der Waals surface area (Å²) >= 11 is 0. The van der Waals surface area contributed by atoms with Crippen LogP contribution in [0.3, 0.4) is 0 Å². The van der Waals surface area contributed by atoms with Gasteiger partial charge in [-0.15, -0.1) is 12.4 Å². The van der Waals surface area contributed by atoms with Crippen LogP contribution in [0.25, 0.3) is 0 Å². The first-order valence-corrected chi connectivity index (χ1v) is 9.37. The number of aromatic nitrogens is 1. The van der Waals surface area contributed by atoms with E-state index < -0.39 is 0 Å². The highest BCUT2D eigenvalue weighted by atomic mass is 35.5. The van der Waals surface area contributed by atoms with Crippen molar-refractivity contribution in [1.29, 1.82) is 0 Å². The number of hydrogen-bond donors (Lipinski definition) is 1. The van der Waals surface area contributed by atoms with E-state index in [-0.39, 0.29) is 30.2 Å². The fourth-order valence-corrected chi connectivity index (χ4v) is 3.45. The van der Waals surface area contributed by atoms with Gasteiger partial charge in [-0.25, -0.2) is 4.39 Å². The molecule has 1 aromatic heterocycles. The smallest absolute Gasteiger partial charge is 0.223 e. The third kappa shape index (κ3) is 6.60. The van der Waals surface area contributed by atoms with Crippen LogP contribution < -0.4 is 5.32 Å². The van der Waals surface area contributed by atoms with E-state index in [1.807, 2.05) is 23.1 Å².